The highest BCUT2D eigenvalue weighted by molar-refractivity contribution is 7.10. The molecule has 1 aliphatic rings. The first kappa shape index (κ1) is 13.9. The van der Waals surface area contributed by atoms with Crippen LogP contribution >= 0.6 is 11.3 Å². The summed E-state index contributed by atoms with van der Waals surface area (Å²) in [5.41, 5.74) is 7.00. The second-order valence-corrected chi connectivity index (χ2v) is 6.17. The summed E-state index contributed by atoms with van der Waals surface area (Å²) in [6, 6.07) is 1.38. The molecule has 0 bridgehead atoms. The number of hydrogen-bond acceptors (Lipinski definition) is 2. The van der Waals surface area contributed by atoms with Crippen molar-refractivity contribution in [3.63, 3.8) is 0 Å². The van der Waals surface area contributed by atoms with Gasteiger partial charge in [0.2, 0.25) is 0 Å². The smallest absolute Gasteiger partial charge is 0.324 e. The van der Waals surface area contributed by atoms with Crippen molar-refractivity contribution < 1.29 is 13.2 Å². The zero-order valence-corrected chi connectivity index (χ0v) is 11.2. The first-order chi connectivity index (χ1) is 8.41. The number of aryl methyl sites for hydroxylation is 1. The number of rotatable bonds is 2. The Balaban J connectivity index is 2.22. The van der Waals surface area contributed by atoms with E-state index in [2.05, 4.69) is 0 Å². The van der Waals surface area contributed by atoms with E-state index in [1.54, 1.807) is 11.3 Å². The summed E-state index contributed by atoms with van der Waals surface area (Å²) >= 11 is 1.54. The number of alkyl halides is 3. The first-order valence-corrected chi connectivity index (χ1v) is 7.15. The van der Waals surface area contributed by atoms with Gasteiger partial charge in [0.15, 0.2) is 0 Å². The third-order valence-corrected chi connectivity index (χ3v) is 4.82. The van der Waals surface area contributed by atoms with Crippen LogP contribution in [0.4, 0.5) is 13.2 Å². The van der Waals surface area contributed by atoms with Crippen LogP contribution in [0.3, 0.4) is 0 Å². The van der Waals surface area contributed by atoms with E-state index in [9.17, 15) is 13.2 Å². The van der Waals surface area contributed by atoms with Crippen LogP contribution in [0, 0.1) is 18.8 Å². The molecule has 102 valence electrons. The topological polar surface area (TPSA) is 26.0 Å². The van der Waals surface area contributed by atoms with E-state index in [1.807, 2.05) is 18.4 Å². The molecule has 5 heteroatoms. The fraction of sp³-hybridized carbons (Fsp3) is 0.692. The van der Waals surface area contributed by atoms with E-state index in [1.165, 1.54) is 0 Å². The molecule has 1 aromatic rings. The zero-order chi connectivity index (χ0) is 13.3. The Hall–Kier alpha value is -0.550. The second-order valence-electron chi connectivity index (χ2n) is 5.05. The van der Waals surface area contributed by atoms with Gasteiger partial charge in [0.25, 0.3) is 0 Å². The molecule has 0 radical (unpaired) electrons. The van der Waals surface area contributed by atoms with Gasteiger partial charge in [-0.05, 0) is 42.7 Å². The lowest BCUT2D eigenvalue weighted by molar-refractivity contribution is -0.198. The Morgan fingerprint density at radius 2 is 2.00 bits per heavy atom. The molecule has 1 saturated carbocycles. The van der Waals surface area contributed by atoms with E-state index in [0.717, 1.165) is 16.9 Å². The normalized spacial score (nSPS) is 27.2. The summed E-state index contributed by atoms with van der Waals surface area (Å²) in [6.45, 7) is 1.92. The number of hydrogen-bond donors (Lipinski definition) is 1. The molecule has 3 atom stereocenters. The monoisotopic (exact) mass is 277 g/mol. The Morgan fingerprint density at radius 3 is 2.56 bits per heavy atom. The largest absolute Gasteiger partial charge is 0.392 e. The minimum Gasteiger partial charge on any atom is -0.324 e. The van der Waals surface area contributed by atoms with Gasteiger partial charge in [0, 0.05) is 10.9 Å². The second kappa shape index (κ2) is 5.21. The van der Waals surface area contributed by atoms with Crippen LogP contribution in [0.15, 0.2) is 11.4 Å². The van der Waals surface area contributed by atoms with Crippen LogP contribution in [-0.4, -0.2) is 6.18 Å². The Morgan fingerprint density at radius 1 is 1.33 bits per heavy atom. The molecule has 0 amide bonds. The van der Waals surface area contributed by atoms with Crippen molar-refractivity contribution in [1.82, 2.24) is 0 Å². The lowest BCUT2D eigenvalue weighted by Gasteiger charge is -2.36. The molecule has 1 heterocycles. The van der Waals surface area contributed by atoms with E-state index in [4.69, 9.17) is 5.73 Å². The van der Waals surface area contributed by atoms with Gasteiger partial charge < -0.3 is 5.73 Å². The highest BCUT2D eigenvalue weighted by Gasteiger charge is 2.47. The predicted octanol–water partition coefficient (Wildman–Crippen LogP) is 4.43. The SMILES string of the molecule is Cc1sccc1C(N)C1CCCCC1C(F)(F)F. The molecule has 1 aromatic heterocycles. The van der Waals surface area contributed by atoms with Gasteiger partial charge >= 0.3 is 6.18 Å². The standard InChI is InChI=1S/C13H18F3NS/c1-8-9(6-7-18-8)12(17)10-4-2-3-5-11(10)13(14,15)16/h6-7,10-12H,2-5,17H2,1H3. The predicted molar refractivity (Wildman–Crippen MR) is 67.5 cm³/mol. The van der Waals surface area contributed by atoms with Crippen LogP contribution < -0.4 is 5.73 Å². The molecule has 0 spiro atoms. The van der Waals surface area contributed by atoms with E-state index >= 15 is 0 Å². The fourth-order valence-electron chi connectivity index (χ4n) is 2.97. The van der Waals surface area contributed by atoms with Gasteiger partial charge in [-0.15, -0.1) is 11.3 Å². The molecule has 1 fully saturated rings. The zero-order valence-electron chi connectivity index (χ0n) is 10.3. The van der Waals surface area contributed by atoms with Crippen LogP contribution in [-0.2, 0) is 0 Å². The van der Waals surface area contributed by atoms with Gasteiger partial charge in [-0.1, -0.05) is 12.8 Å². The molecular weight excluding hydrogens is 259 g/mol. The molecule has 0 aromatic carbocycles. The first-order valence-electron chi connectivity index (χ1n) is 6.27. The van der Waals surface area contributed by atoms with E-state index in [-0.39, 0.29) is 6.42 Å². The third-order valence-electron chi connectivity index (χ3n) is 3.96. The summed E-state index contributed by atoms with van der Waals surface area (Å²) in [6.07, 6.45) is -1.79. The molecule has 2 N–H and O–H groups in total. The van der Waals surface area contributed by atoms with Gasteiger partial charge in [0.1, 0.15) is 0 Å². The lowest BCUT2D eigenvalue weighted by atomic mass is 9.73. The van der Waals surface area contributed by atoms with Crippen molar-refractivity contribution in [2.24, 2.45) is 17.6 Å². The number of nitrogens with two attached hydrogens (primary N) is 1. The summed E-state index contributed by atoms with van der Waals surface area (Å²) < 4.78 is 39.1. The summed E-state index contributed by atoms with van der Waals surface area (Å²) in [7, 11) is 0. The number of halogens is 3. The molecule has 18 heavy (non-hydrogen) atoms. The molecule has 1 aliphatic carbocycles. The Bertz CT molecular complexity index is 399. The summed E-state index contributed by atoms with van der Waals surface area (Å²) in [4.78, 5) is 1.04. The lowest BCUT2D eigenvalue weighted by Crippen LogP contribution is -2.38. The van der Waals surface area contributed by atoms with Crippen molar-refractivity contribution in [1.29, 1.82) is 0 Å². The molecule has 0 saturated heterocycles. The van der Waals surface area contributed by atoms with Gasteiger partial charge in [0.05, 0.1) is 5.92 Å². The van der Waals surface area contributed by atoms with Crippen molar-refractivity contribution in [3.8, 4) is 0 Å². The molecule has 3 unspecified atom stereocenters. The maximum atomic E-state index is 13.0. The van der Waals surface area contributed by atoms with Crippen LogP contribution in [0.2, 0.25) is 0 Å². The van der Waals surface area contributed by atoms with Crippen molar-refractivity contribution in [3.05, 3.63) is 21.9 Å². The number of thiophene rings is 1. The van der Waals surface area contributed by atoms with Crippen molar-refractivity contribution >= 4 is 11.3 Å². The molecule has 2 rings (SSSR count). The quantitative estimate of drug-likeness (QED) is 0.850. The summed E-state index contributed by atoms with van der Waals surface area (Å²) in [5, 5.41) is 1.90. The van der Waals surface area contributed by atoms with Gasteiger partial charge in [-0.2, -0.15) is 13.2 Å². The highest BCUT2D eigenvalue weighted by Crippen LogP contribution is 2.46. The van der Waals surface area contributed by atoms with Crippen LogP contribution in [0.5, 0.6) is 0 Å². The minimum absolute atomic E-state index is 0.227. The van der Waals surface area contributed by atoms with Crippen LogP contribution in [0.25, 0.3) is 0 Å². The maximum absolute atomic E-state index is 13.0. The molecular formula is C13H18F3NS. The Kier molecular flexibility index (Phi) is 4.02. The van der Waals surface area contributed by atoms with Crippen LogP contribution in [0.1, 0.15) is 42.2 Å². The Labute approximate surface area is 109 Å². The molecule has 1 nitrogen and oxygen atoms in total. The fourth-order valence-corrected chi connectivity index (χ4v) is 3.73. The van der Waals surface area contributed by atoms with Crippen molar-refractivity contribution in [2.45, 2.75) is 44.8 Å². The molecule has 0 aliphatic heterocycles. The van der Waals surface area contributed by atoms with Gasteiger partial charge in [-0.3, -0.25) is 0 Å². The highest BCUT2D eigenvalue weighted by atomic mass is 32.1. The third kappa shape index (κ3) is 2.72. The van der Waals surface area contributed by atoms with Gasteiger partial charge in [-0.25, -0.2) is 0 Å². The maximum Gasteiger partial charge on any atom is 0.392 e. The van der Waals surface area contributed by atoms with Crippen molar-refractivity contribution in [2.75, 3.05) is 0 Å². The average Bonchev–Trinajstić information content (AvgIpc) is 2.73. The van der Waals surface area contributed by atoms with E-state index < -0.39 is 24.1 Å². The van der Waals surface area contributed by atoms with E-state index in [0.29, 0.717) is 12.8 Å². The minimum atomic E-state index is -4.12. The average molecular weight is 277 g/mol. The summed E-state index contributed by atoms with van der Waals surface area (Å²) in [5.74, 6) is -1.70.